The van der Waals surface area contributed by atoms with E-state index in [1.807, 2.05) is 6.92 Å². The summed E-state index contributed by atoms with van der Waals surface area (Å²) in [6.07, 6.45) is 3.68. The average molecular weight is 260 g/mol. The molecule has 5 N–H and O–H groups in total. The van der Waals surface area contributed by atoms with Crippen LogP contribution in [0, 0.1) is 15.5 Å². The van der Waals surface area contributed by atoms with Crippen LogP contribution in [0.1, 0.15) is 26.2 Å². The first kappa shape index (κ1) is 15.9. The minimum Gasteiger partial charge on any atom is -0.370 e. The highest BCUT2D eigenvalue weighted by atomic mass is 16.9. The lowest BCUT2D eigenvalue weighted by molar-refractivity contribution is -0.742. The van der Waals surface area contributed by atoms with Gasteiger partial charge in [-0.05, 0) is 26.2 Å². The van der Waals surface area contributed by atoms with Gasteiger partial charge >= 0.3 is 0 Å². The topological polar surface area (TPSA) is 141 Å². The molecular formula is C9H20N6O3. The Labute approximate surface area is 105 Å². The molecule has 1 saturated heterocycles. The molecule has 9 heteroatoms. The summed E-state index contributed by atoms with van der Waals surface area (Å²) in [4.78, 5) is 14.8. The van der Waals surface area contributed by atoms with Crippen LogP contribution in [0.5, 0.6) is 0 Å². The summed E-state index contributed by atoms with van der Waals surface area (Å²) in [7, 11) is 0. The van der Waals surface area contributed by atoms with Crippen molar-refractivity contribution in [3.8, 4) is 0 Å². The SMILES string of the molecule is CC/N=C(/NC(=N)N)N1CCCCC1.O=[N+]([O-])O. The second-order valence-electron chi connectivity index (χ2n) is 3.62. The summed E-state index contributed by atoms with van der Waals surface area (Å²) in [6.45, 7) is 4.72. The maximum absolute atomic E-state index is 8.36. The molecule has 9 nitrogen and oxygen atoms in total. The van der Waals surface area contributed by atoms with Crippen LogP contribution in [0.4, 0.5) is 0 Å². The minimum atomic E-state index is -1.50. The first-order valence-electron chi connectivity index (χ1n) is 5.71. The van der Waals surface area contributed by atoms with Gasteiger partial charge in [0.2, 0.25) is 5.96 Å². The van der Waals surface area contributed by atoms with Crippen LogP contribution in [0.3, 0.4) is 0 Å². The molecule has 0 bridgehead atoms. The van der Waals surface area contributed by atoms with Crippen LogP contribution in [0.15, 0.2) is 4.99 Å². The van der Waals surface area contributed by atoms with E-state index in [1.165, 1.54) is 19.3 Å². The van der Waals surface area contributed by atoms with Gasteiger partial charge < -0.3 is 15.8 Å². The van der Waals surface area contributed by atoms with E-state index in [2.05, 4.69) is 15.2 Å². The first-order chi connectivity index (χ1) is 8.47. The molecule has 18 heavy (non-hydrogen) atoms. The van der Waals surface area contributed by atoms with E-state index >= 15 is 0 Å². The number of nitrogens with zero attached hydrogens (tertiary/aromatic N) is 3. The largest absolute Gasteiger partial charge is 0.370 e. The molecule has 1 fully saturated rings. The lowest BCUT2D eigenvalue weighted by Gasteiger charge is -2.29. The number of guanidine groups is 2. The van der Waals surface area contributed by atoms with Gasteiger partial charge in [0.15, 0.2) is 5.96 Å². The van der Waals surface area contributed by atoms with Crippen molar-refractivity contribution in [3.63, 3.8) is 0 Å². The van der Waals surface area contributed by atoms with Crippen molar-refractivity contribution in [2.45, 2.75) is 26.2 Å². The number of hydrogen-bond acceptors (Lipinski definition) is 4. The van der Waals surface area contributed by atoms with Gasteiger partial charge in [0.05, 0.1) is 0 Å². The molecule has 0 amide bonds. The second-order valence-corrected chi connectivity index (χ2v) is 3.62. The zero-order chi connectivity index (χ0) is 14.0. The van der Waals surface area contributed by atoms with Crippen LogP contribution < -0.4 is 11.1 Å². The number of hydrogen-bond donors (Lipinski definition) is 4. The molecule has 0 aromatic rings. The molecule has 0 spiro atoms. The molecule has 0 aromatic carbocycles. The lowest BCUT2D eigenvalue weighted by atomic mass is 10.1. The summed E-state index contributed by atoms with van der Waals surface area (Å²) in [5, 5.41) is 23.6. The highest BCUT2D eigenvalue weighted by Crippen LogP contribution is 2.08. The van der Waals surface area contributed by atoms with Crippen LogP contribution in [0.25, 0.3) is 0 Å². The van der Waals surface area contributed by atoms with Gasteiger partial charge in [-0.3, -0.25) is 15.7 Å². The van der Waals surface area contributed by atoms with Gasteiger partial charge in [0.25, 0.3) is 5.09 Å². The Balaban J connectivity index is 0.000000631. The molecule has 104 valence electrons. The van der Waals surface area contributed by atoms with Crippen molar-refractivity contribution in [1.29, 1.82) is 5.41 Å². The standard InChI is InChI=1S/C9H19N5.HNO3/c1-2-12-9(13-8(10)11)14-6-4-3-5-7-14;2-1(3)4/h2-7H2,1H3,(H4,10,11,12,13);(H,2,3,4). The Hall–Kier alpha value is -2.06. The summed E-state index contributed by atoms with van der Waals surface area (Å²) in [5.74, 6) is 0.711. The van der Waals surface area contributed by atoms with Crippen LogP contribution in [-0.4, -0.2) is 46.7 Å². The Morgan fingerprint density at radius 3 is 2.44 bits per heavy atom. The third kappa shape index (κ3) is 8.13. The number of likely N-dealkylation sites (tertiary alicyclic amines) is 1. The molecule has 1 heterocycles. The number of piperidine rings is 1. The van der Waals surface area contributed by atoms with Crippen LogP contribution in [0.2, 0.25) is 0 Å². The van der Waals surface area contributed by atoms with E-state index in [0.29, 0.717) is 6.54 Å². The normalized spacial score (nSPS) is 15.4. The van der Waals surface area contributed by atoms with Gasteiger partial charge in [-0.15, -0.1) is 10.1 Å². The third-order valence-corrected chi connectivity index (χ3v) is 2.21. The molecule has 0 aromatic heterocycles. The zero-order valence-corrected chi connectivity index (χ0v) is 10.4. The average Bonchev–Trinajstić information content (AvgIpc) is 2.28. The quantitative estimate of drug-likeness (QED) is 0.226. The monoisotopic (exact) mass is 260 g/mol. The summed E-state index contributed by atoms with van der Waals surface area (Å²) in [5.41, 5.74) is 5.29. The number of aliphatic imine (C=N–C) groups is 1. The highest BCUT2D eigenvalue weighted by molar-refractivity contribution is 5.96. The van der Waals surface area contributed by atoms with Gasteiger partial charge in [-0.2, -0.15) is 0 Å². The van der Waals surface area contributed by atoms with Crippen molar-refractivity contribution in [3.05, 3.63) is 10.1 Å². The molecule has 1 aliphatic heterocycles. The van der Waals surface area contributed by atoms with E-state index in [9.17, 15) is 0 Å². The molecule has 0 aliphatic carbocycles. The van der Waals surface area contributed by atoms with E-state index in [-0.39, 0.29) is 5.96 Å². The molecule has 1 rings (SSSR count). The maximum Gasteiger partial charge on any atom is 0.291 e. The highest BCUT2D eigenvalue weighted by Gasteiger charge is 2.14. The molecule has 1 aliphatic rings. The Kier molecular flexibility index (Phi) is 7.99. The van der Waals surface area contributed by atoms with E-state index in [0.717, 1.165) is 19.0 Å². The predicted octanol–water partition coefficient (Wildman–Crippen LogP) is -0.0164. The summed E-state index contributed by atoms with van der Waals surface area (Å²) in [6, 6.07) is 0. The number of nitrogens with two attached hydrogens (primary N) is 1. The van der Waals surface area contributed by atoms with Gasteiger partial charge in [0, 0.05) is 19.6 Å². The Morgan fingerprint density at radius 2 is 2.06 bits per heavy atom. The zero-order valence-electron chi connectivity index (χ0n) is 10.4. The van der Waals surface area contributed by atoms with Gasteiger partial charge in [-0.25, -0.2) is 0 Å². The molecule has 0 unspecified atom stereocenters. The summed E-state index contributed by atoms with van der Waals surface area (Å²) >= 11 is 0. The molecule has 0 atom stereocenters. The molecule has 0 saturated carbocycles. The first-order valence-corrected chi connectivity index (χ1v) is 5.71. The summed E-state index contributed by atoms with van der Waals surface area (Å²) < 4.78 is 0. The number of nitrogens with one attached hydrogen (secondary N) is 2. The fraction of sp³-hybridized carbons (Fsp3) is 0.778. The van der Waals surface area contributed by atoms with Crippen molar-refractivity contribution >= 4 is 11.9 Å². The fourth-order valence-corrected chi connectivity index (χ4v) is 1.59. The second kappa shape index (κ2) is 9.02. The van der Waals surface area contributed by atoms with Gasteiger partial charge in [-0.1, -0.05) is 0 Å². The lowest BCUT2D eigenvalue weighted by Crippen LogP contribution is -2.48. The van der Waals surface area contributed by atoms with Crippen LogP contribution >= 0.6 is 0 Å². The Morgan fingerprint density at radius 1 is 1.56 bits per heavy atom. The van der Waals surface area contributed by atoms with E-state index in [1.54, 1.807) is 0 Å². The molecule has 0 radical (unpaired) electrons. The van der Waals surface area contributed by atoms with Gasteiger partial charge in [0.1, 0.15) is 0 Å². The third-order valence-electron chi connectivity index (χ3n) is 2.21. The van der Waals surface area contributed by atoms with E-state index < -0.39 is 5.09 Å². The maximum atomic E-state index is 8.36. The van der Waals surface area contributed by atoms with Crippen molar-refractivity contribution < 1.29 is 10.3 Å². The van der Waals surface area contributed by atoms with Crippen molar-refractivity contribution in [2.75, 3.05) is 19.6 Å². The smallest absolute Gasteiger partial charge is 0.291 e. The van der Waals surface area contributed by atoms with Crippen LogP contribution in [-0.2, 0) is 0 Å². The van der Waals surface area contributed by atoms with E-state index in [4.69, 9.17) is 26.5 Å². The molecular weight excluding hydrogens is 240 g/mol. The van der Waals surface area contributed by atoms with Crippen molar-refractivity contribution in [1.82, 2.24) is 10.2 Å². The van der Waals surface area contributed by atoms with Crippen molar-refractivity contribution in [2.24, 2.45) is 10.7 Å². The predicted molar refractivity (Wildman–Crippen MR) is 67.2 cm³/mol. The Bertz CT molecular complexity index is 297. The number of rotatable bonds is 1. The minimum absolute atomic E-state index is 0.0391. The fourth-order valence-electron chi connectivity index (χ4n) is 1.59.